The molecule has 0 saturated carbocycles. The average Bonchev–Trinajstić information content (AvgIpc) is 3.98. The molecule has 58 heavy (non-hydrogen) atoms. The summed E-state index contributed by atoms with van der Waals surface area (Å²) in [6.07, 6.45) is 4.32. The van der Waals surface area contributed by atoms with E-state index in [0.717, 1.165) is 63.3 Å². The number of imide groups is 1. The van der Waals surface area contributed by atoms with E-state index in [2.05, 4.69) is 132 Å². The monoisotopic (exact) mass is 759 g/mol. The third-order valence-electron chi connectivity index (χ3n) is 11.0. The second-order valence-corrected chi connectivity index (χ2v) is 14.5. The van der Waals surface area contributed by atoms with Crippen molar-refractivity contribution in [2.75, 3.05) is 6.54 Å². The van der Waals surface area contributed by atoms with Crippen molar-refractivity contribution in [3.63, 3.8) is 0 Å². The molecule has 9 heteroatoms. The van der Waals surface area contributed by atoms with E-state index in [0.29, 0.717) is 29.9 Å². The summed E-state index contributed by atoms with van der Waals surface area (Å²) in [4.78, 5) is 32.2. The molecule has 1 aliphatic rings. The second kappa shape index (κ2) is 15.7. The van der Waals surface area contributed by atoms with Crippen molar-refractivity contribution < 1.29 is 9.59 Å². The molecule has 0 unspecified atom stereocenters. The Bertz CT molecular complexity index is 2570. The SMILES string of the molecule is CCCc1nc(CCN2C(=O)c3ccccc3C2=O)cn1Cc1ccc(-c2ccccc2-c2nnnn2C(c2ccccc2)(c2ccccc2)c2ccccc2)cc1. The van der Waals surface area contributed by atoms with E-state index < -0.39 is 5.54 Å². The minimum absolute atomic E-state index is 0.241. The lowest BCUT2D eigenvalue weighted by molar-refractivity contribution is 0.0656. The number of hydrogen-bond acceptors (Lipinski definition) is 6. The van der Waals surface area contributed by atoms with Crippen LogP contribution in [-0.2, 0) is 24.9 Å². The summed E-state index contributed by atoms with van der Waals surface area (Å²) in [7, 11) is 0. The Balaban J connectivity index is 1.02. The number of nitrogens with zero attached hydrogens (tertiary/aromatic N) is 7. The molecule has 1 aliphatic heterocycles. The average molecular weight is 760 g/mol. The first-order chi connectivity index (χ1) is 28.6. The number of amides is 2. The van der Waals surface area contributed by atoms with Crippen molar-refractivity contribution in [2.24, 2.45) is 0 Å². The predicted molar refractivity (Wildman–Crippen MR) is 224 cm³/mol. The number of hydrogen-bond donors (Lipinski definition) is 0. The van der Waals surface area contributed by atoms with Crippen molar-refractivity contribution in [3.05, 3.63) is 215 Å². The summed E-state index contributed by atoms with van der Waals surface area (Å²) in [5, 5.41) is 13.8. The molecule has 2 amide bonds. The molecule has 0 atom stereocenters. The third kappa shape index (κ3) is 6.50. The molecule has 2 aromatic heterocycles. The smallest absolute Gasteiger partial charge is 0.261 e. The lowest BCUT2D eigenvalue weighted by atomic mass is 9.77. The molecule has 0 bridgehead atoms. The van der Waals surface area contributed by atoms with Crippen LogP contribution in [0.1, 0.15) is 67.8 Å². The van der Waals surface area contributed by atoms with E-state index in [1.165, 1.54) is 4.90 Å². The number of fused-ring (bicyclic) bond motifs is 1. The van der Waals surface area contributed by atoms with Gasteiger partial charge in [-0.15, -0.1) is 5.10 Å². The Morgan fingerprint density at radius 2 is 1.09 bits per heavy atom. The maximum Gasteiger partial charge on any atom is 0.261 e. The van der Waals surface area contributed by atoms with Crippen molar-refractivity contribution in [3.8, 4) is 22.5 Å². The van der Waals surface area contributed by atoms with E-state index in [-0.39, 0.29) is 18.4 Å². The van der Waals surface area contributed by atoms with Crippen LogP contribution in [0, 0.1) is 0 Å². The van der Waals surface area contributed by atoms with E-state index >= 15 is 0 Å². The Morgan fingerprint density at radius 1 is 0.569 bits per heavy atom. The highest BCUT2D eigenvalue weighted by Gasteiger charge is 2.42. The molecule has 0 spiro atoms. The summed E-state index contributed by atoms with van der Waals surface area (Å²) in [6, 6.07) is 55.2. The van der Waals surface area contributed by atoms with Gasteiger partial charge in [-0.2, -0.15) is 0 Å². The zero-order valence-corrected chi connectivity index (χ0v) is 32.1. The first-order valence-electron chi connectivity index (χ1n) is 19.7. The number of imidazole rings is 1. The normalized spacial score (nSPS) is 12.6. The Morgan fingerprint density at radius 3 is 1.64 bits per heavy atom. The molecule has 0 radical (unpaired) electrons. The maximum absolute atomic E-state index is 13.0. The zero-order chi connectivity index (χ0) is 39.5. The maximum atomic E-state index is 13.0. The summed E-state index contributed by atoms with van der Waals surface area (Å²) in [5.74, 6) is 1.15. The standard InChI is InChI=1S/C49H41N7O2/c1-2-16-45-50-40(31-32-55-47(57)43-25-14-15-26-44(43)48(55)58)34-54(45)33-35-27-29-36(30-28-35)41-23-12-13-24-42(41)46-51-52-53-56(46)49(37-17-6-3-7-18-37,38-19-8-4-9-20-38)39-21-10-5-11-22-39/h3-15,17-30,34H,2,16,31-33H2,1H3. The molecule has 0 N–H and O–H groups in total. The zero-order valence-electron chi connectivity index (χ0n) is 32.1. The van der Waals surface area contributed by atoms with Crippen LogP contribution < -0.4 is 0 Å². The van der Waals surface area contributed by atoms with Crippen LogP contribution in [-0.4, -0.2) is 53.0 Å². The highest BCUT2D eigenvalue weighted by Crippen LogP contribution is 2.43. The summed E-state index contributed by atoms with van der Waals surface area (Å²) < 4.78 is 4.16. The van der Waals surface area contributed by atoms with Gasteiger partial charge in [-0.1, -0.05) is 159 Å². The van der Waals surface area contributed by atoms with E-state index in [1.54, 1.807) is 24.3 Å². The molecule has 0 saturated heterocycles. The van der Waals surface area contributed by atoms with Crippen molar-refractivity contribution in [1.82, 2.24) is 34.7 Å². The minimum atomic E-state index is -0.871. The first-order valence-corrected chi connectivity index (χ1v) is 19.7. The fourth-order valence-electron chi connectivity index (χ4n) is 8.26. The topological polar surface area (TPSA) is 98.8 Å². The quantitative estimate of drug-likeness (QED) is 0.0861. The fourth-order valence-corrected chi connectivity index (χ4v) is 8.26. The van der Waals surface area contributed by atoms with Gasteiger partial charge in [0.2, 0.25) is 0 Å². The van der Waals surface area contributed by atoms with Crippen LogP contribution >= 0.6 is 0 Å². The van der Waals surface area contributed by atoms with Crippen molar-refractivity contribution in [2.45, 2.75) is 38.3 Å². The molecule has 0 aliphatic carbocycles. The summed E-state index contributed by atoms with van der Waals surface area (Å²) in [6.45, 7) is 3.07. The number of benzene rings is 6. The molecule has 0 fully saturated rings. The lowest BCUT2D eigenvalue weighted by Crippen LogP contribution is -2.39. The lowest BCUT2D eigenvalue weighted by Gasteiger charge is -2.36. The van der Waals surface area contributed by atoms with Gasteiger partial charge in [-0.3, -0.25) is 14.5 Å². The van der Waals surface area contributed by atoms with Gasteiger partial charge in [-0.05, 0) is 62.4 Å². The summed E-state index contributed by atoms with van der Waals surface area (Å²) in [5.41, 5.74) is 8.13. The largest absolute Gasteiger partial charge is 0.330 e. The fraction of sp³-hybridized carbons (Fsp3) is 0.143. The van der Waals surface area contributed by atoms with E-state index in [1.807, 2.05) is 35.0 Å². The number of carbonyl (C=O) groups excluding carboxylic acids is 2. The van der Waals surface area contributed by atoms with Crippen LogP contribution in [0.25, 0.3) is 22.5 Å². The van der Waals surface area contributed by atoms with Crippen LogP contribution in [0.2, 0.25) is 0 Å². The second-order valence-electron chi connectivity index (χ2n) is 14.5. The van der Waals surface area contributed by atoms with Gasteiger partial charge in [0.15, 0.2) is 5.82 Å². The first kappa shape index (κ1) is 36.4. The molecule has 8 aromatic rings. The Kier molecular flexibility index (Phi) is 9.85. The van der Waals surface area contributed by atoms with E-state index in [9.17, 15) is 9.59 Å². The van der Waals surface area contributed by atoms with Gasteiger partial charge in [0.05, 0.1) is 16.8 Å². The van der Waals surface area contributed by atoms with Gasteiger partial charge in [0.1, 0.15) is 11.4 Å². The van der Waals surface area contributed by atoms with Crippen LogP contribution in [0.4, 0.5) is 0 Å². The molecular weight excluding hydrogens is 719 g/mol. The van der Waals surface area contributed by atoms with E-state index in [4.69, 9.17) is 15.3 Å². The van der Waals surface area contributed by atoms with Gasteiger partial charge < -0.3 is 4.57 Å². The van der Waals surface area contributed by atoms with Gasteiger partial charge in [0, 0.05) is 37.7 Å². The summed E-state index contributed by atoms with van der Waals surface area (Å²) >= 11 is 0. The molecule has 9 rings (SSSR count). The predicted octanol–water partition coefficient (Wildman–Crippen LogP) is 8.88. The van der Waals surface area contributed by atoms with Crippen molar-refractivity contribution in [1.29, 1.82) is 0 Å². The molecule has 9 nitrogen and oxygen atoms in total. The number of rotatable bonds is 13. The number of aryl methyl sites for hydroxylation is 1. The molecular formula is C49H41N7O2. The van der Waals surface area contributed by atoms with Gasteiger partial charge in [0.25, 0.3) is 11.8 Å². The van der Waals surface area contributed by atoms with Crippen LogP contribution in [0.3, 0.4) is 0 Å². The van der Waals surface area contributed by atoms with Crippen LogP contribution in [0.15, 0.2) is 170 Å². The van der Waals surface area contributed by atoms with Gasteiger partial charge in [-0.25, -0.2) is 9.67 Å². The van der Waals surface area contributed by atoms with Crippen LogP contribution in [0.5, 0.6) is 0 Å². The Labute approximate surface area is 337 Å². The highest BCUT2D eigenvalue weighted by atomic mass is 16.2. The molecule has 3 heterocycles. The third-order valence-corrected chi connectivity index (χ3v) is 11.0. The molecule has 284 valence electrons. The molecule has 6 aromatic carbocycles. The number of carbonyl (C=O) groups is 2. The number of tetrazole rings is 1. The Hall–Kier alpha value is -7.26. The minimum Gasteiger partial charge on any atom is -0.330 e. The van der Waals surface area contributed by atoms with Crippen molar-refractivity contribution >= 4 is 11.8 Å². The number of aromatic nitrogens is 6. The van der Waals surface area contributed by atoms with Gasteiger partial charge >= 0.3 is 0 Å². The highest BCUT2D eigenvalue weighted by molar-refractivity contribution is 6.21.